The molecule has 0 fully saturated rings. The Bertz CT molecular complexity index is 830. The summed E-state index contributed by atoms with van der Waals surface area (Å²) in [6.07, 6.45) is 2.34. The van der Waals surface area contributed by atoms with Crippen molar-refractivity contribution >= 4 is 15.9 Å². The number of carbonyl (C=O) groups excluding carboxylic acids is 1. The molecule has 6 heteroatoms. The van der Waals surface area contributed by atoms with Crippen LogP contribution in [0.4, 0.5) is 0 Å². The second kappa shape index (κ2) is 10.2. The summed E-state index contributed by atoms with van der Waals surface area (Å²) in [7, 11) is -3.66. The van der Waals surface area contributed by atoms with Crippen LogP contribution in [0.2, 0.25) is 0 Å². The highest BCUT2D eigenvalue weighted by Crippen LogP contribution is 2.14. The molecule has 1 N–H and O–H groups in total. The van der Waals surface area contributed by atoms with Gasteiger partial charge in [0.15, 0.2) is 0 Å². The second-order valence-electron chi connectivity index (χ2n) is 6.45. The quantitative estimate of drug-likeness (QED) is 0.678. The normalized spacial score (nSPS) is 11.3. The Kier molecular flexibility index (Phi) is 8.00. The predicted octanol–water partition coefficient (Wildman–Crippen LogP) is 3.47. The van der Waals surface area contributed by atoms with Gasteiger partial charge >= 0.3 is 0 Å². The molecule has 0 atom stereocenters. The number of benzene rings is 2. The van der Waals surface area contributed by atoms with E-state index in [1.54, 1.807) is 17.0 Å². The summed E-state index contributed by atoms with van der Waals surface area (Å²) in [5, 5.41) is 0. The van der Waals surface area contributed by atoms with E-state index in [2.05, 4.69) is 4.72 Å². The third kappa shape index (κ3) is 6.19. The largest absolute Gasteiger partial charge is 0.339 e. The molecule has 0 saturated carbocycles. The van der Waals surface area contributed by atoms with Crippen LogP contribution in [0.3, 0.4) is 0 Å². The molecule has 146 valence electrons. The highest BCUT2D eigenvalue weighted by molar-refractivity contribution is 7.89. The number of rotatable bonds is 10. The van der Waals surface area contributed by atoms with Gasteiger partial charge < -0.3 is 4.90 Å². The van der Waals surface area contributed by atoms with Crippen molar-refractivity contribution in [1.29, 1.82) is 0 Å². The molecule has 0 radical (unpaired) electrons. The zero-order valence-electron chi connectivity index (χ0n) is 16.0. The molecule has 0 unspecified atom stereocenters. The molecule has 2 aromatic carbocycles. The standard InChI is InChI=1S/C21H28N2O3S/c1-3-15-23(16-4-2)21(24)19-11-8-12-20(17-19)27(25,26)22-14-13-18-9-6-5-7-10-18/h5-12,17,22H,3-4,13-16H2,1-2H3. The maximum atomic E-state index is 12.7. The zero-order valence-corrected chi connectivity index (χ0v) is 16.8. The summed E-state index contributed by atoms with van der Waals surface area (Å²) in [4.78, 5) is 14.6. The lowest BCUT2D eigenvalue weighted by molar-refractivity contribution is 0.0755. The summed E-state index contributed by atoms with van der Waals surface area (Å²) in [5.41, 5.74) is 1.47. The second-order valence-corrected chi connectivity index (χ2v) is 8.22. The van der Waals surface area contributed by atoms with Gasteiger partial charge in [0, 0.05) is 25.2 Å². The van der Waals surface area contributed by atoms with Crippen LogP contribution in [-0.2, 0) is 16.4 Å². The Morgan fingerprint density at radius 3 is 2.26 bits per heavy atom. The molecule has 5 nitrogen and oxygen atoms in total. The fourth-order valence-electron chi connectivity index (χ4n) is 2.89. The number of nitrogens with one attached hydrogen (secondary N) is 1. The smallest absolute Gasteiger partial charge is 0.253 e. The van der Waals surface area contributed by atoms with Gasteiger partial charge in [0.1, 0.15) is 0 Å². The van der Waals surface area contributed by atoms with E-state index in [0.29, 0.717) is 31.6 Å². The molecule has 0 saturated heterocycles. The predicted molar refractivity (Wildman–Crippen MR) is 108 cm³/mol. The molecule has 0 aliphatic carbocycles. The first-order valence-electron chi connectivity index (χ1n) is 9.41. The van der Waals surface area contributed by atoms with Crippen LogP contribution in [0.5, 0.6) is 0 Å². The monoisotopic (exact) mass is 388 g/mol. The van der Waals surface area contributed by atoms with E-state index in [1.165, 1.54) is 12.1 Å². The van der Waals surface area contributed by atoms with E-state index in [1.807, 2.05) is 44.2 Å². The Labute approximate surface area is 162 Å². The lowest BCUT2D eigenvalue weighted by atomic mass is 10.2. The van der Waals surface area contributed by atoms with E-state index < -0.39 is 10.0 Å². The van der Waals surface area contributed by atoms with Crippen LogP contribution in [0.15, 0.2) is 59.5 Å². The van der Waals surface area contributed by atoms with Crippen molar-refractivity contribution in [2.24, 2.45) is 0 Å². The molecule has 0 aliphatic rings. The van der Waals surface area contributed by atoms with Crippen molar-refractivity contribution in [3.63, 3.8) is 0 Å². The maximum Gasteiger partial charge on any atom is 0.253 e. The Hall–Kier alpha value is -2.18. The van der Waals surface area contributed by atoms with Crippen molar-refractivity contribution < 1.29 is 13.2 Å². The summed E-state index contributed by atoms with van der Waals surface area (Å²) in [6, 6.07) is 16.0. The zero-order chi connectivity index (χ0) is 19.7. The number of hydrogen-bond acceptors (Lipinski definition) is 3. The summed E-state index contributed by atoms with van der Waals surface area (Å²) in [6.45, 7) is 5.68. The van der Waals surface area contributed by atoms with Crippen LogP contribution in [0, 0.1) is 0 Å². The molecule has 0 heterocycles. The van der Waals surface area contributed by atoms with Gasteiger partial charge in [0.2, 0.25) is 10.0 Å². The highest BCUT2D eigenvalue weighted by atomic mass is 32.2. The fourth-order valence-corrected chi connectivity index (χ4v) is 3.97. The van der Waals surface area contributed by atoms with Gasteiger partial charge in [-0.05, 0) is 43.0 Å². The van der Waals surface area contributed by atoms with E-state index in [-0.39, 0.29) is 10.8 Å². The third-order valence-corrected chi connectivity index (χ3v) is 5.67. The molecule has 0 aliphatic heterocycles. The fraction of sp³-hybridized carbons (Fsp3) is 0.381. The van der Waals surface area contributed by atoms with Crippen LogP contribution < -0.4 is 4.72 Å². The first-order valence-corrected chi connectivity index (χ1v) is 10.9. The number of sulfonamides is 1. The van der Waals surface area contributed by atoms with Crippen LogP contribution in [0.25, 0.3) is 0 Å². The number of amides is 1. The first kappa shape index (κ1) is 21.1. The lowest BCUT2D eigenvalue weighted by Gasteiger charge is -2.21. The van der Waals surface area contributed by atoms with Gasteiger partial charge in [-0.3, -0.25) is 4.79 Å². The molecular weight excluding hydrogens is 360 g/mol. The molecular formula is C21H28N2O3S. The minimum Gasteiger partial charge on any atom is -0.339 e. The molecule has 0 aromatic heterocycles. The van der Waals surface area contributed by atoms with Crippen LogP contribution in [-0.4, -0.2) is 38.9 Å². The average molecular weight is 389 g/mol. The van der Waals surface area contributed by atoms with Crippen LogP contribution in [0.1, 0.15) is 42.6 Å². The summed E-state index contributed by atoms with van der Waals surface area (Å²) in [5.74, 6) is -0.125. The minimum absolute atomic E-state index is 0.120. The molecule has 2 rings (SSSR count). The van der Waals surface area contributed by atoms with Gasteiger partial charge in [-0.15, -0.1) is 0 Å². The van der Waals surface area contributed by atoms with Gasteiger partial charge in [-0.1, -0.05) is 50.2 Å². The van der Waals surface area contributed by atoms with Gasteiger partial charge in [0.05, 0.1) is 4.90 Å². The topological polar surface area (TPSA) is 66.5 Å². The average Bonchev–Trinajstić information content (AvgIpc) is 2.68. The Morgan fingerprint density at radius 1 is 0.963 bits per heavy atom. The highest BCUT2D eigenvalue weighted by Gasteiger charge is 2.18. The number of carbonyl (C=O) groups is 1. The van der Waals surface area contributed by atoms with Gasteiger partial charge in [-0.25, -0.2) is 13.1 Å². The molecule has 27 heavy (non-hydrogen) atoms. The Morgan fingerprint density at radius 2 is 1.63 bits per heavy atom. The summed E-state index contributed by atoms with van der Waals surface area (Å²) < 4.78 is 27.8. The van der Waals surface area contributed by atoms with Crippen molar-refractivity contribution in [2.45, 2.75) is 38.0 Å². The summed E-state index contributed by atoms with van der Waals surface area (Å²) >= 11 is 0. The Balaban J connectivity index is 2.09. The maximum absolute atomic E-state index is 12.7. The van der Waals surface area contributed by atoms with E-state index in [9.17, 15) is 13.2 Å². The van der Waals surface area contributed by atoms with Crippen LogP contribution >= 0.6 is 0 Å². The van der Waals surface area contributed by atoms with E-state index in [0.717, 1.165) is 18.4 Å². The third-order valence-electron chi connectivity index (χ3n) is 4.21. The SMILES string of the molecule is CCCN(CCC)C(=O)c1cccc(S(=O)(=O)NCCc2ccccc2)c1. The lowest BCUT2D eigenvalue weighted by Crippen LogP contribution is -2.32. The van der Waals surface area contributed by atoms with Crippen molar-refractivity contribution in [3.8, 4) is 0 Å². The van der Waals surface area contributed by atoms with Crippen molar-refractivity contribution in [3.05, 3.63) is 65.7 Å². The van der Waals surface area contributed by atoms with E-state index in [4.69, 9.17) is 0 Å². The number of hydrogen-bond donors (Lipinski definition) is 1. The minimum atomic E-state index is -3.66. The first-order chi connectivity index (χ1) is 13.0. The van der Waals surface area contributed by atoms with E-state index >= 15 is 0 Å². The number of nitrogens with zero attached hydrogens (tertiary/aromatic N) is 1. The van der Waals surface area contributed by atoms with Crippen molar-refractivity contribution in [1.82, 2.24) is 9.62 Å². The molecule has 1 amide bonds. The molecule has 0 spiro atoms. The molecule has 0 bridgehead atoms. The van der Waals surface area contributed by atoms with Crippen molar-refractivity contribution in [2.75, 3.05) is 19.6 Å². The van der Waals surface area contributed by atoms with Gasteiger partial charge in [-0.2, -0.15) is 0 Å². The molecule has 2 aromatic rings. The van der Waals surface area contributed by atoms with Gasteiger partial charge in [0.25, 0.3) is 5.91 Å².